The van der Waals surface area contributed by atoms with Crippen molar-refractivity contribution in [2.75, 3.05) is 14.2 Å². The highest BCUT2D eigenvalue weighted by Gasteiger charge is 2.42. The van der Waals surface area contributed by atoms with Crippen LogP contribution in [-0.2, 0) is 15.1 Å². The lowest BCUT2D eigenvalue weighted by Crippen LogP contribution is -2.38. The van der Waals surface area contributed by atoms with Crippen LogP contribution in [0.2, 0.25) is 0 Å². The van der Waals surface area contributed by atoms with Crippen molar-refractivity contribution in [3.05, 3.63) is 64.1 Å². The largest absolute Gasteiger partial charge is 0.497 e. The monoisotopic (exact) mass is 350 g/mol. The number of hydrogen-bond acceptors (Lipinski definition) is 4. The third-order valence-electron chi connectivity index (χ3n) is 3.23. The highest BCUT2D eigenvalue weighted by molar-refractivity contribution is 9.10. The Kier molecular flexibility index (Phi) is 4.65. The van der Waals surface area contributed by atoms with Crippen molar-refractivity contribution in [1.82, 2.24) is 0 Å². The van der Waals surface area contributed by atoms with E-state index in [1.807, 2.05) is 0 Å². The van der Waals surface area contributed by atoms with E-state index in [4.69, 9.17) is 9.47 Å². The Balaban J connectivity index is 2.68. The van der Waals surface area contributed by atoms with E-state index >= 15 is 0 Å². The average molecular weight is 351 g/mol. The molecule has 1 unspecified atom stereocenters. The van der Waals surface area contributed by atoms with Crippen LogP contribution in [0, 0.1) is 0 Å². The standard InChI is InChI=1S/C16H15BrO4/c1-20-12-7-5-6-11(10-12)16(19,15(18)21-2)13-8-3-4-9-14(13)17/h3-10,19H,1-2H3. The lowest BCUT2D eigenvalue weighted by atomic mass is 9.86. The molecular weight excluding hydrogens is 336 g/mol. The van der Waals surface area contributed by atoms with Crippen LogP contribution in [0.25, 0.3) is 0 Å². The summed E-state index contributed by atoms with van der Waals surface area (Å²) in [5.41, 5.74) is -1.13. The summed E-state index contributed by atoms with van der Waals surface area (Å²) in [6.07, 6.45) is 0. The Hall–Kier alpha value is -1.85. The zero-order valence-electron chi connectivity index (χ0n) is 11.7. The molecule has 0 aliphatic heterocycles. The molecule has 0 saturated carbocycles. The van der Waals surface area contributed by atoms with Gasteiger partial charge in [-0.1, -0.05) is 46.3 Å². The van der Waals surface area contributed by atoms with Gasteiger partial charge < -0.3 is 14.6 Å². The maximum absolute atomic E-state index is 12.3. The Morgan fingerprint density at radius 2 is 1.86 bits per heavy atom. The van der Waals surface area contributed by atoms with Gasteiger partial charge in [0.2, 0.25) is 5.60 Å². The number of esters is 1. The van der Waals surface area contributed by atoms with Crippen molar-refractivity contribution in [1.29, 1.82) is 0 Å². The molecule has 0 fully saturated rings. The normalized spacial score (nSPS) is 13.3. The van der Waals surface area contributed by atoms with Crippen molar-refractivity contribution in [3.63, 3.8) is 0 Å². The Morgan fingerprint density at radius 3 is 2.48 bits per heavy atom. The molecule has 0 bridgehead atoms. The number of methoxy groups -OCH3 is 2. The fraction of sp³-hybridized carbons (Fsp3) is 0.188. The second-order valence-electron chi connectivity index (χ2n) is 4.41. The third-order valence-corrected chi connectivity index (χ3v) is 3.92. The summed E-state index contributed by atoms with van der Waals surface area (Å²) in [6, 6.07) is 13.7. The molecule has 0 aromatic heterocycles. The number of halogens is 1. The quantitative estimate of drug-likeness (QED) is 0.861. The van der Waals surface area contributed by atoms with E-state index < -0.39 is 11.6 Å². The van der Waals surface area contributed by atoms with Gasteiger partial charge in [-0.05, 0) is 18.2 Å². The van der Waals surface area contributed by atoms with Gasteiger partial charge in [-0.2, -0.15) is 0 Å². The average Bonchev–Trinajstić information content (AvgIpc) is 2.53. The van der Waals surface area contributed by atoms with E-state index in [-0.39, 0.29) is 0 Å². The van der Waals surface area contributed by atoms with Crippen molar-refractivity contribution in [2.45, 2.75) is 5.60 Å². The lowest BCUT2D eigenvalue weighted by Gasteiger charge is -2.27. The van der Waals surface area contributed by atoms with E-state index in [0.717, 1.165) is 0 Å². The van der Waals surface area contributed by atoms with E-state index in [1.165, 1.54) is 14.2 Å². The van der Waals surface area contributed by atoms with Gasteiger partial charge in [0.1, 0.15) is 5.75 Å². The van der Waals surface area contributed by atoms with Gasteiger partial charge in [-0.15, -0.1) is 0 Å². The molecule has 4 nitrogen and oxygen atoms in total. The van der Waals surface area contributed by atoms with Crippen LogP contribution in [0.3, 0.4) is 0 Å². The summed E-state index contributed by atoms with van der Waals surface area (Å²) in [5, 5.41) is 11.1. The molecule has 1 atom stereocenters. The number of benzene rings is 2. The van der Waals surface area contributed by atoms with Crippen LogP contribution in [0.4, 0.5) is 0 Å². The lowest BCUT2D eigenvalue weighted by molar-refractivity contribution is -0.159. The molecule has 5 heteroatoms. The molecule has 0 radical (unpaired) electrons. The van der Waals surface area contributed by atoms with E-state index in [2.05, 4.69) is 15.9 Å². The highest BCUT2D eigenvalue weighted by atomic mass is 79.9. The zero-order chi connectivity index (χ0) is 15.5. The summed E-state index contributed by atoms with van der Waals surface area (Å²) in [4.78, 5) is 12.3. The minimum absolute atomic E-state index is 0.376. The van der Waals surface area contributed by atoms with Crippen LogP contribution < -0.4 is 4.74 Å². The first kappa shape index (κ1) is 15.5. The number of aliphatic hydroxyl groups is 1. The van der Waals surface area contributed by atoms with Gasteiger partial charge >= 0.3 is 5.97 Å². The molecular formula is C16H15BrO4. The molecule has 2 aromatic rings. The van der Waals surface area contributed by atoms with Crippen molar-refractivity contribution < 1.29 is 19.4 Å². The van der Waals surface area contributed by atoms with Crippen LogP contribution in [0.5, 0.6) is 5.75 Å². The third kappa shape index (κ3) is 2.80. The topological polar surface area (TPSA) is 55.8 Å². The summed E-state index contributed by atoms with van der Waals surface area (Å²) < 4.78 is 10.6. The SMILES string of the molecule is COC(=O)C(O)(c1cccc(OC)c1)c1ccccc1Br. The first-order valence-electron chi connectivity index (χ1n) is 6.24. The van der Waals surface area contributed by atoms with Gasteiger partial charge in [0.15, 0.2) is 0 Å². The molecule has 2 aromatic carbocycles. The number of carbonyl (C=O) groups excluding carboxylic acids is 1. The summed E-state index contributed by atoms with van der Waals surface area (Å²) in [7, 11) is 2.76. The predicted octanol–water partition coefficient (Wildman–Crippen LogP) is 2.87. The van der Waals surface area contributed by atoms with Gasteiger partial charge in [-0.25, -0.2) is 4.79 Å². The fourth-order valence-electron chi connectivity index (χ4n) is 2.13. The summed E-state index contributed by atoms with van der Waals surface area (Å²) >= 11 is 3.36. The van der Waals surface area contributed by atoms with E-state index in [9.17, 15) is 9.90 Å². The van der Waals surface area contributed by atoms with Gasteiger partial charge in [0, 0.05) is 15.6 Å². The maximum Gasteiger partial charge on any atom is 0.347 e. The summed E-state index contributed by atoms with van der Waals surface area (Å²) in [6.45, 7) is 0. The number of rotatable bonds is 4. The fourth-order valence-corrected chi connectivity index (χ4v) is 2.71. The Morgan fingerprint density at radius 1 is 1.14 bits per heavy atom. The molecule has 0 aliphatic carbocycles. The molecule has 0 saturated heterocycles. The van der Waals surface area contributed by atoms with Crippen LogP contribution in [0.15, 0.2) is 53.0 Å². The second kappa shape index (κ2) is 6.28. The maximum atomic E-state index is 12.3. The second-order valence-corrected chi connectivity index (χ2v) is 5.27. The molecule has 21 heavy (non-hydrogen) atoms. The Bertz CT molecular complexity index is 656. The molecule has 0 amide bonds. The van der Waals surface area contributed by atoms with Crippen molar-refractivity contribution >= 4 is 21.9 Å². The van der Waals surface area contributed by atoms with Crippen LogP contribution in [0.1, 0.15) is 11.1 Å². The minimum atomic E-state index is -1.91. The molecule has 0 spiro atoms. The van der Waals surface area contributed by atoms with Gasteiger partial charge in [0.05, 0.1) is 14.2 Å². The molecule has 0 aliphatic rings. The van der Waals surface area contributed by atoms with Crippen molar-refractivity contribution in [2.24, 2.45) is 0 Å². The van der Waals surface area contributed by atoms with E-state index in [0.29, 0.717) is 21.3 Å². The van der Waals surface area contributed by atoms with Gasteiger partial charge in [0.25, 0.3) is 0 Å². The minimum Gasteiger partial charge on any atom is -0.497 e. The van der Waals surface area contributed by atoms with Crippen LogP contribution in [-0.4, -0.2) is 25.3 Å². The molecule has 1 N–H and O–H groups in total. The highest BCUT2D eigenvalue weighted by Crippen LogP contribution is 2.36. The molecule has 0 heterocycles. The smallest absolute Gasteiger partial charge is 0.347 e. The zero-order valence-corrected chi connectivity index (χ0v) is 13.3. The summed E-state index contributed by atoms with van der Waals surface area (Å²) in [5.74, 6) is -0.218. The first-order valence-corrected chi connectivity index (χ1v) is 7.03. The molecule has 110 valence electrons. The number of carbonyl (C=O) groups is 1. The number of ether oxygens (including phenoxy) is 2. The Labute approximate surface area is 131 Å². The van der Waals surface area contributed by atoms with Crippen LogP contribution >= 0.6 is 15.9 Å². The molecule has 2 rings (SSSR count). The first-order chi connectivity index (χ1) is 10.0. The predicted molar refractivity (Wildman–Crippen MR) is 82.2 cm³/mol. The van der Waals surface area contributed by atoms with E-state index in [1.54, 1.807) is 48.5 Å². The van der Waals surface area contributed by atoms with Gasteiger partial charge in [-0.3, -0.25) is 0 Å². The number of hydrogen-bond donors (Lipinski definition) is 1. The van der Waals surface area contributed by atoms with Crippen molar-refractivity contribution in [3.8, 4) is 5.75 Å².